The van der Waals surface area contributed by atoms with Crippen LogP contribution in [0.1, 0.15) is 47.0 Å². The molecule has 1 unspecified atom stereocenters. The maximum absolute atomic E-state index is 5.70. The summed E-state index contributed by atoms with van der Waals surface area (Å²) >= 11 is 0. The molecule has 0 aromatic carbocycles. The van der Waals surface area contributed by atoms with Gasteiger partial charge in [-0.15, -0.1) is 0 Å². The lowest BCUT2D eigenvalue weighted by Crippen LogP contribution is -2.45. The first-order valence-electron chi connectivity index (χ1n) is 8.42. The Morgan fingerprint density at radius 1 is 1.10 bits per heavy atom. The highest BCUT2D eigenvalue weighted by Gasteiger charge is 2.35. The van der Waals surface area contributed by atoms with Crippen LogP contribution >= 0.6 is 0 Å². The molecule has 0 saturated carbocycles. The van der Waals surface area contributed by atoms with E-state index in [-0.39, 0.29) is 0 Å². The molecule has 1 fully saturated rings. The predicted octanol–water partition coefficient (Wildman–Crippen LogP) is 3.01. The van der Waals surface area contributed by atoms with Crippen LogP contribution in [0.2, 0.25) is 0 Å². The standard InChI is InChI=1S/C17H36N2O/c1-15(2)6-9-19(10-7-16(3)4)13-17(12-18-5)8-11-20-14-17/h15-16,18H,6-14H2,1-5H3. The Labute approximate surface area is 126 Å². The first-order chi connectivity index (χ1) is 9.47. The minimum Gasteiger partial charge on any atom is -0.381 e. The molecule has 3 nitrogen and oxygen atoms in total. The fraction of sp³-hybridized carbons (Fsp3) is 1.00. The van der Waals surface area contributed by atoms with Crippen LogP contribution in [0, 0.1) is 17.3 Å². The minimum atomic E-state index is 0.336. The van der Waals surface area contributed by atoms with Crippen molar-refractivity contribution in [2.24, 2.45) is 17.3 Å². The predicted molar refractivity (Wildman–Crippen MR) is 87.1 cm³/mol. The van der Waals surface area contributed by atoms with E-state index in [1.807, 2.05) is 0 Å². The fourth-order valence-corrected chi connectivity index (χ4v) is 2.97. The molecule has 1 aliphatic heterocycles. The molecule has 0 spiro atoms. The Kier molecular flexibility index (Phi) is 8.08. The Morgan fingerprint density at radius 3 is 2.10 bits per heavy atom. The highest BCUT2D eigenvalue weighted by atomic mass is 16.5. The molecule has 1 aliphatic rings. The molecular formula is C17H36N2O. The molecule has 1 atom stereocenters. The van der Waals surface area contributed by atoms with E-state index >= 15 is 0 Å². The topological polar surface area (TPSA) is 24.5 Å². The average molecular weight is 284 g/mol. The van der Waals surface area contributed by atoms with Gasteiger partial charge in [-0.2, -0.15) is 0 Å². The second-order valence-corrected chi connectivity index (χ2v) is 7.47. The molecule has 1 heterocycles. The van der Waals surface area contributed by atoms with Gasteiger partial charge in [0.2, 0.25) is 0 Å². The lowest BCUT2D eigenvalue weighted by molar-refractivity contribution is 0.104. The van der Waals surface area contributed by atoms with E-state index < -0.39 is 0 Å². The molecule has 1 rings (SSSR count). The third-order valence-corrected chi connectivity index (χ3v) is 4.34. The number of nitrogens with one attached hydrogen (secondary N) is 1. The molecule has 0 aromatic rings. The third kappa shape index (κ3) is 6.55. The highest BCUT2D eigenvalue weighted by molar-refractivity contribution is 4.88. The summed E-state index contributed by atoms with van der Waals surface area (Å²) in [5, 5.41) is 3.38. The number of ether oxygens (including phenoxy) is 1. The maximum atomic E-state index is 5.70. The summed E-state index contributed by atoms with van der Waals surface area (Å²) in [6, 6.07) is 0. The molecule has 0 radical (unpaired) electrons. The van der Waals surface area contributed by atoms with E-state index in [1.54, 1.807) is 0 Å². The van der Waals surface area contributed by atoms with Crippen LogP contribution in [0.3, 0.4) is 0 Å². The van der Waals surface area contributed by atoms with E-state index in [9.17, 15) is 0 Å². The van der Waals surface area contributed by atoms with Gasteiger partial charge < -0.3 is 15.0 Å². The van der Waals surface area contributed by atoms with Gasteiger partial charge in [0, 0.05) is 25.1 Å². The van der Waals surface area contributed by atoms with E-state index in [0.29, 0.717) is 5.41 Å². The van der Waals surface area contributed by atoms with Crippen LogP contribution in [-0.4, -0.2) is 51.3 Å². The van der Waals surface area contributed by atoms with Crippen LogP contribution in [0.5, 0.6) is 0 Å². The van der Waals surface area contributed by atoms with Crippen LogP contribution in [-0.2, 0) is 4.74 Å². The first kappa shape index (κ1) is 17.9. The summed E-state index contributed by atoms with van der Waals surface area (Å²) < 4.78 is 5.70. The maximum Gasteiger partial charge on any atom is 0.0547 e. The average Bonchev–Trinajstić information content (AvgIpc) is 2.81. The Balaban J connectivity index is 2.55. The number of hydrogen-bond donors (Lipinski definition) is 1. The summed E-state index contributed by atoms with van der Waals surface area (Å²) in [5.41, 5.74) is 0.336. The van der Waals surface area contributed by atoms with Crippen LogP contribution in [0.4, 0.5) is 0 Å². The third-order valence-electron chi connectivity index (χ3n) is 4.34. The quantitative estimate of drug-likeness (QED) is 0.667. The van der Waals surface area contributed by atoms with Crippen molar-refractivity contribution in [3.05, 3.63) is 0 Å². The molecule has 0 aliphatic carbocycles. The van der Waals surface area contributed by atoms with E-state index in [2.05, 4.69) is 45.0 Å². The summed E-state index contributed by atoms with van der Waals surface area (Å²) in [4.78, 5) is 2.69. The normalized spacial score (nSPS) is 23.4. The zero-order valence-corrected chi connectivity index (χ0v) is 14.4. The van der Waals surface area contributed by atoms with Gasteiger partial charge in [0.1, 0.15) is 0 Å². The molecule has 0 amide bonds. The summed E-state index contributed by atoms with van der Waals surface area (Å²) in [6.07, 6.45) is 3.80. The van der Waals surface area contributed by atoms with E-state index in [1.165, 1.54) is 38.9 Å². The number of nitrogens with zero attached hydrogens (tertiary/aromatic N) is 1. The van der Waals surface area contributed by atoms with Crippen molar-refractivity contribution in [2.75, 3.05) is 46.4 Å². The molecule has 120 valence electrons. The van der Waals surface area contributed by atoms with Gasteiger partial charge in [-0.25, -0.2) is 0 Å². The van der Waals surface area contributed by atoms with Crippen molar-refractivity contribution in [3.63, 3.8) is 0 Å². The molecule has 1 N–H and O–H groups in total. The SMILES string of the molecule is CNCC1(CN(CCC(C)C)CCC(C)C)CCOC1. The zero-order valence-electron chi connectivity index (χ0n) is 14.4. The Morgan fingerprint density at radius 2 is 1.70 bits per heavy atom. The van der Waals surface area contributed by atoms with Crippen molar-refractivity contribution in [2.45, 2.75) is 47.0 Å². The Bertz CT molecular complexity index is 235. The lowest BCUT2D eigenvalue weighted by atomic mass is 9.86. The summed E-state index contributed by atoms with van der Waals surface area (Å²) in [6.45, 7) is 15.9. The second kappa shape index (κ2) is 9.01. The van der Waals surface area contributed by atoms with Crippen molar-refractivity contribution in [1.82, 2.24) is 10.2 Å². The van der Waals surface area contributed by atoms with Crippen molar-refractivity contribution in [3.8, 4) is 0 Å². The fourth-order valence-electron chi connectivity index (χ4n) is 2.97. The molecule has 1 saturated heterocycles. The molecular weight excluding hydrogens is 248 g/mol. The molecule has 0 bridgehead atoms. The Hall–Kier alpha value is -0.120. The van der Waals surface area contributed by atoms with Gasteiger partial charge in [-0.1, -0.05) is 27.7 Å². The van der Waals surface area contributed by atoms with Gasteiger partial charge in [-0.3, -0.25) is 0 Å². The summed E-state index contributed by atoms with van der Waals surface area (Å²) in [5.74, 6) is 1.58. The van der Waals surface area contributed by atoms with Crippen LogP contribution in [0.15, 0.2) is 0 Å². The minimum absolute atomic E-state index is 0.336. The second-order valence-electron chi connectivity index (χ2n) is 7.47. The van der Waals surface area contributed by atoms with Gasteiger partial charge in [-0.05, 0) is 51.2 Å². The zero-order chi connectivity index (χ0) is 15.0. The molecule has 20 heavy (non-hydrogen) atoms. The van der Waals surface area contributed by atoms with E-state index in [0.717, 1.165) is 31.6 Å². The van der Waals surface area contributed by atoms with Gasteiger partial charge in [0.05, 0.1) is 6.61 Å². The number of hydrogen-bond acceptors (Lipinski definition) is 3. The smallest absolute Gasteiger partial charge is 0.0547 e. The van der Waals surface area contributed by atoms with Crippen molar-refractivity contribution < 1.29 is 4.74 Å². The van der Waals surface area contributed by atoms with E-state index in [4.69, 9.17) is 4.74 Å². The number of rotatable bonds is 10. The first-order valence-corrected chi connectivity index (χ1v) is 8.42. The van der Waals surface area contributed by atoms with Crippen molar-refractivity contribution in [1.29, 1.82) is 0 Å². The van der Waals surface area contributed by atoms with Gasteiger partial charge in [0.25, 0.3) is 0 Å². The van der Waals surface area contributed by atoms with Gasteiger partial charge >= 0.3 is 0 Å². The van der Waals surface area contributed by atoms with Gasteiger partial charge in [0.15, 0.2) is 0 Å². The highest BCUT2D eigenvalue weighted by Crippen LogP contribution is 2.29. The molecule has 3 heteroatoms. The van der Waals surface area contributed by atoms with Crippen LogP contribution in [0.25, 0.3) is 0 Å². The monoisotopic (exact) mass is 284 g/mol. The molecule has 0 aromatic heterocycles. The van der Waals surface area contributed by atoms with Crippen molar-refractivity contribution >= 4 is 0 Å². The largest absolute Gasteiger partial charge is 0.381 e. The van der Waals surface area contributed by atoms with Crippen LogP contribution < -0.4 is 5.32 Å². The summed E-state index contributed by atoms with van der Waals surface area (Å²) in [7, 11) is 2.06. The lowest BCUT2D eigenvalue weighted by Gasteiger charge is -2.35.